The molecule has 1 aromatic carbocycles. The van der Waals surface area contributed by atoms with E-state index in [0.29, 0.717) is 23.7 Å². The van der Waals surface area contributed by atoms with Gasteiger partial charge in [0, 0.05) is 23.8 Å². The highest BCUT2D eigenvalue weighted by atomic mass is 16.2. The van der Waals surface area contributed by atoms with Crippen LogP contribution in [0.4, 0.5) is 10.5 Å². The molecule has 0 aromatic heterocycles. The van der Waals surface area contributed by atoms with Crippen molar-refractivity contribution in [2.75, 3.05) is 11.9 Å². The molecule has 0 saturated heterocycles. The van der Waals surface area contributed by atoms with E-state index in [1.807, 2.05) is 27.7 Å². The zero-order chi connectivity index (χ0) is 15.8. The molecule has 0 spiro atoms. The van der Waals surface area contributed by atoms with Crippen molar-refractivity contribution in [3.8, 4) is 0 Å². The smallest absolute Gasteiger partial charge is 0.319 e. The summed E-state index contributed by atoms with van der Waals surface area (Å²) < 4.78 is 0. The highest BCUT2D eigenvalue weighted by molar-refractivity contribution is 5.95. The van der Waals surface area contributed by atoms with Crippen molar-refractivity contribution >= 4 is 17.6 Å². The van der Waals surface area contributed by atoms with Crippen LogP contribution in [-0.2, 0) is 0 Å². The number of benzene rings is 1. The standard InChI is InChI=1S/C16H25N3O2/c1-5-12(4)18-15(20)13-6-8-14(9-7-13)19-16(21)17-10-11(2)3/h6-9,11-12H,5,10H2,1-4H3,(H,18,20)(H2,17,19,21). The van der Waals surface area contributed by atoms with Gasteiger partial charge in [0.15, 0.2) is 0 Å². The van der Waals surface area contributed by atoms with Crippen molar-refractivity contribution in [2.24, 2.45) is 5.92 Å². The van der Waals surface area contributed by atoms with Gasteiger partial charge in [0.05, 0.1) is 0 Å². The van der Waals surface area contributed by atoms with E-state index in [9.17, 15) is 9.59 Å². The topological polar surface area (TPSA) is 70.2 Å². The summed E-state index contributed by atoms with van der Waals surface area (Å²) in [6.07, 6.45) is 0.890. The van der Waals surface area contributed by atoms with Crippen molar-refractivity contribution in [3.05, 3.63) is 29.8 Å². The Hall–Kier alpha value is -2.04. The van der Waals surface area contributed by atoms with Crippen molar-refractivity contribution in [3.63, 3.8) is 0 Å². The van der Waals surface area contributed by atoms with Gasteiger partial charge < -0.3 is 16.0 Å². The molecule has 1 aromatic rings. The predicted molar refractivity (Wildman–Crippen MR) is 85.5 cm³/mol. The van der Waals surface area contributed by atoms with E-state index >= 15 is 0 Å². The number of hydrogen-bond acceptors (Lipinski definition) is 2. The summed E-state index contributed by atoms with van der Waals surface area (Å²) in [6, 6.07) is 6.77. The molecule has 5 nitrogen and oxygen atoms in total. The number of carbonyl (C=O) groups excluding carboxylic acids is 2. The lowest BCUT2D eigenvalue weighted by Crippen LogP contribution is -2.32. The number of anilines is 1. The number of rotatable bonds is 6. The number of carbonyl (C=O) groups is 2. The number of nitrogens with one attached hydrogen (secondary N) is 3. The minimum absolute atomic E-state index is 0.0971. The second-order valence-corrected chi connectivity index (χ2v) is 5.59. The zero-order valence-electron chi connectivity index (χ0n) is 13.2. The third-order valence-electron chi connectivity index (χ3n) is 3.07. The molecule has 0 saturated carbocycles. The number of urea groups is 1. The normalized spacial score (nSPS) is 11.9. The van der Waals surface area contributed by atoms with E-state index in [1.54, 1.807) is 24.3 Å². The molecule has 0 aliphatic rings. The van der Waals surface area contributed by atoms with E-state index in [-0.39, 0.29) is 18.0 Å². The maximum Gasteiger partial charge on any atom is 0.319 e. The van der Waals surface area contributed by atoms with Crippen LogP contribution in [0.3, 0.4) is 0 Å². The molecule has 0 aliphatic heterocycles. The van der Waals surface area contributed by atoms with Crippen molar-refractivity contribution in [1.82, 2.24) is 10.6 Å². The fraction of sp³-hybridized carbons (Fsp3) is 0.500. The Kier molecular flexibility index (Phi) is 6.72. The maximum atomic E-state index is 11.9. The second kappa shape index (κ2) is 8.29. The van der Waals surface area contributed by atoms with Crippen molar-refractivity contribution in [1.29, 1.82) is 0 Å². The van der Waals surface area contributed by atoms with Gasteiger partial charge in [0.2, 0.25) is 0 Å². The molecule has 1 rings (SSSR count). The third-order valence-corrected chi connectivity index (χ3v) is 3.07. The first kappa shape index (κ1) is 17.0. The quantitative estimate of drug-likeness (QED) is 0.754. The molecule has 1 atom stereocenters. The summed E-state index contributed by atoms with van der Waals surface area (Å²) in [5, 5.41) is 8.41. The Morgan fingerprint density at radius 2 is 1.71 bits per heavy atom. The van der Waals surface area contributed by atoms with E-state index in [1.165, 1.54) is 0 Å². The fourth-order valence-corrected chi connectivity index (χ4v) is 1.59. The summed E-state index contributed by atoms with van der Waals surface area (Å²) in [5.41, 5.74) is 1.25. The van der Waals surface area contributed by atoms with E-state index in [2.05, 4.69) is 16.0 Å². The first-order chi connectivity index (χ1) is 9.92. The molecule has 3 amide bonds. The van der Waals surface area contributed by atoms with Gasteiger partial charge in [-0.05, 0) is 43.5 Å². The first-order valence-electron chi connectivity index (χ1n) is 7.38. The summed E-state index contributed by atoms with van der Waals surface area (Å²) >= 11 is 0. The lowest BCUT2D eigenvalue weighted by Gasteiger charge is -2.12. The molecule has 21 heavy (non-hydrogen) atoms. The maximum absolute atomic E-state index is 11.9. The van der Waals surface area contributed by atoms with Gasteiger partial charge in [0.25, 0.3) is 5.91 Å². The van der Waals surface area contributed by atoms with Crippen LogP contribution in [0.1, 0.15) is 44.5 Å². The predicted octanol–water partition coefficient (Wildman–Crippen LogP) is 2.99. The highest BCUT2D eigenvalue weighted by Crippen LogP contribution is 2.10. The summed E-state index contributed by atoms with van der Waals surface area (Å²) in [7, 11) is 0. The van der Waals surface area contributed by atoms with Crippen LogP contribution in [0.5, 0.6) is 0 Å². The summed E-state index contributed by atoms with van der Waals surface area (Å²) in [4.78, 5) is 23.5. The van der Waals surface area contributed by atoms with Crippen LogP contribution in [-0.4, -0.2) is 24.5 Å². The zero-order valence-corrected chi connectivity index (χ0v) is 13.2. The van der Waals surface area contributed by atoms with E-state index in [0.717, 1.165) is 6.42 Å². The van der Waals surface area contributed by atoms with Crippen LogP contribution < -0.4 is 16.0 Å². The Morgan fingerprint density at radius 3 is 2.24 bits per heavy atom. The second-order valence-electron chi connectivity index (χ2n) is 5.59. The molecule has 116 valence electrons. The lowest BCUT2D eigenvalue weighted by molar-refractivity contribution is 0.0939. The Bertz CT molecular complexity index is 469. The average molecular weight is 291 g/mol. The van der Waals surface area contributed by atoms with Crippen molar-refractivity contribution < 1.29 is 9.59 Å². The van der Waals surface area contributed by atoms with E-state index in [4.69, 9.17) is 0 Å². The van der Waals surface area contributed by atoms with Gasteiger partial charge in [0.1, 0.15) is 0 Å². The molecule has 3 N–H and O–H groups in total. The molecule has 0 aliphatic carbocycles. The molecule has 0 bridgehead atoms. The van der Waals surface area contributed by atoms with Gasteiger partial charge >= 0.3 is 6.03 Å². The SMILES string of the molecule is CCC(C)NC(=O)c1ccc(NC(=O)NCC(C)C)cc1. The van der Waals surface area contributed by atoms with Crippen LogP contribution >= 0.6 is 0 Å². The van der Waals surface area contributed by atoms with Gasteiger partial charge in [-0.1, -0.05) is 20.8 Å². The monoisotopic (exact) mass is 291 g/mol. The third kappa shape index (κ3) is 6.29. The van der Waals surface area contributed by atoms with Crippen LogP contribution in [0.2, 0.25) is 0 Å². The summed E-state index contributed by atoms with van der Waals surface area (Å²) in [5.74, 6) is 0.308. The molecule has 1 unspecified atom stereocenters. The molecular weight excluding hydrogens is 266 g/mol. The van der Waals surface area contributed by atoms with Crippen LogP contribution in [0.15, 0.2) is 24.3 Å². The average Bonchev–Trinajstić information content (AvgIpc) is 2.45. The molecular formula is C16H25N3O2. The Morgan fingerprint density at radius 1 is 1.10 bits per heavy atom. The van der Waals surface area contributed by atoms with Crippen LogP contribution in [0, 0.1) is 5.92 Å². The highest BCUT2D eigenvalue weighted by Gasteiger charge is 2.09. The number of hydrogen-bond donors (Lipinski definition) is 3. The largest absolute Gasteiger partial charge is 0.350 e. The molecule has 0 radical (unpaired) electrons. The molecule has 5 heteroatoms. The number of amides is 3. The van der Waals surface area contributed by atoms with Crippen molar-refractivity contribution in [2.45, 2.75) is 40.2 Å². The van der Waals surface area contributed by atoms with Gasteiger partial charge in [-0.3, -0.25) is 4.79 Å². The first-order valence-corrected chi connectivity index (χ1v) is 7.38. The minimum Gasteiger partial charge on any atom is -0.350 e. The molecule has 0 fully saturated rings. The molecule has 0 heterocycles. The van der Waals surface area contributed by atoms with E-state index < -0.39 is 0 Å². The fourth-order valence-electron chi connectivity index (χ4n) is 1.59. The van der Waals surface area contributed by atoms with Gasteiger partial charge in [-0.2, -0.15) is 0 Å². The Balaban J connectivity index is 2.54. The minimum atomic E-state index is -0.236. The van der Waals surface area contributed by atoms with Gasteiger partial charge in [-0.25, -0.2) is 4.79 Å². The summed E-state index contributed by atoms with van der Waals surface area (Å²) in [6.45, 7) is 8.68. The van der Waals surface area contributed by atoms with Gasteiger partial charge in [-0.15, -0.1) is 0 Å². The lowest BCUT2D eigenvalue weighted by atomic mass is 10.1. The van der Waals surface area contributed by atoms with Crippen LogP contribution in [0.25, 0.3) is 0 Å². The Labute approximate surface area is 126 Å².